The summed E-state index contributed by atoms with van der Waals surface area (Å²) < 4.78 is 5.35. The van der Waals surface area contributed by atoms with E-state index in [0.29, 0.717) is 19.0 Å². The first-order valence-electron chi connectivity index (χ1n) is 6.62. The highest BCUT2D eigenvalue weighted by Gasteiger charge is 2.39. The van der Waals surface area contributed by atoms with Crippen molar-refractivity contribution in [3.63, 3.8) is 0 Å². The molecule has 0 spiro atoms. The molecule has 5 nitrogen and oxygen atoms in total. The van der Waals surface area contributed by atoms with Gasteiger partial charge in [0.15, 0.2) is 0 Å². The number of rotatable bonds is 0. The Morgan fingerprint density at radius 1 is 1.39 bits per heavy atom. The monoisotopic (exact) mass is 254 g/mol. The second-order valence-corrected chi connectivity index (χ2v) is 6.16. The molecule has 2 atom stereocenters. The zero-order valence-corrected chi connectivity index (χ0v) is 11.4. The van der Waals surface area contributed by atoms with E-state index in [1.165, 1.54) is 0 Å². The van der Waals surface area contributed by atoms with Gasteiger partial charge in [0.2, 0.25) is 5.91 Å². The number of hydrogen-bond acceptors (Lipinski definition) is 3. The van der Waals surface area contributed by atoms with E-state index < -0.39 is 5.60 Å². The second kappa shape index (κ2) is 4.78. The third-order valence-electron chi connectivity index (χ3n) is 3.56. The van der Waals surface area contributed by atoms with Crippen molar-refractivity contribution in [2.24, 2.45) is 11.8 Å². The summed E-state index contributed by atoms with van der Waals surface area (Å²) in [4.78, 5) is 25.4. The van der Waals surface area contributed by atoms with Crippen LogP contribution < -0.4 is 5.32 Å². The molecule has 2 saturated heterocycles. The molecule has 1 N–H and O–H groups in total. The van der Waals surface area contributed by atoms with Crippen LogP contribution in [0, 0.1) is 11.8 Å². The van der Waals surface area contributed by atoms with Crippen LogP contribution >= 0.6 is 0 Å². The number of amides is 2. The average Bonchev–Trinajstić information content (AvgIpc) is 2.27. The minimum absolute atomic E-state index is 0.0555. The van der Waals surface area contributed by atoms with E-state index in [1.807, 2.05) is 20.8 Å². The lowest BCUT2D eigenvalue weighted by Crippen LogP contribution is -2.53. The van der Waals surface area contributed by atoms with Crippen LogP contribution in [0.3, 0.4) is 0 Å². The Morgan fingerprint density at radius 2 is 2.11 bits per heavy atom. The molecule has 5 heteroatoms. The van der Waals surface area contributed by atoms with Gasteiger partial charge in [-0.25, -0.2) is 4.79 Å². The van der Waals surface area contributed by atoms with Gasteiger partial charge < -0.3 is 15.0 Å². The molecule has 102 valence electrons. The lowest BCUT2D eigenvalue weighted by molar-refractivity contribution is -0.131. The van der Waals surface area contributed by atoms with Crippen molar-refractivity contribution in [3.05, 3.63) is 0 Å². The smallest absolute Gasteiger partial charge is 0.410 e. The highest BCUT2D eigenvalue weighted by atomic mass is 16.6. The van der Waals surface area contributed by atoms with E-state index in [2.05, 4.69) is 5.32 Å². The van der Waals surface area contributed by atoms with Gasteiger partial charge in [-0.15, -0.1) is 0 Å². The van der Waals surface area contributed by atoms with Gasteiger partial charge in [-0.2, -0.15) is 0 Å². The van der Waals surface area contributed by atoms with Crippen molar-refractivity contribution in [2.75, 3.05) is 19.6 Å². The number of carbonyl (C=O) groups is 2. The number of carbonyl (C=O) groups excluding carboxylic acids is 2. The fraction of sp³-hybridized carbons (Fsp3) is 0.846. The molecule has 0 aromatic carbocycles. The molecule has 2 aliphatic rings. The topological polar surface area (TPSA) is 58.6 Å². The first-order chi connectivity index (χ1) is 8.37. The SMILES string of the molecule is CC(C)(C)OC(=O)N1CCC2CCNC(=O)C2C1. The number of likely N-dealkylation sites (tertiary alicyclic amines) is 1. The predicted octanol–water partition coefficient (Wildman–Crippen LogP) is 1.38. The molecule has 2 unspecified atom stereocenters. The first-order valence-corrected chi connectivity index (χ1v) is 6.62. The molecule has 2 rings (SSSR count). The summed E-state index contributed by atoms with van der Waals surface area (Å²) in [7, 11) is 0. The van der Waals surface area contributed by atoms with Gasteiger partial charge in [0.1, 0.15) is 5.60 Å². The normalized spacial score (nSPS) is 28.4. The molecule has 18 heavy (non-hydrogen) atoms. The van der Waals surface area contributed by atoms with E-state index in [0.717, 1.165) is 19.4 Å². The van der Waals surface area contributed by atoms with Crippen LogP contribution in [-0.4, -0.2) is 42.1 Å². The van der Waals surface area contributed by atoms with Crippen LogP contribution in [0.4, 0.5) is 4.79 Å². The summed E-state index contributed by atoms with van der Waals surface area (Å²) in [6.07, 6.45) is 1.62. The van der Waals surface area contributed by atoms with Gasteiger partial charge in [-0.1, -0.05) is 0 Å². The molecule has 2 heterocycles. The maximum Gasteiger partial charge on any atom is 0.410 e. The zero-order chi connectivity index (χ0) is 13.3. The van der Waals surface area contributed by atoms with Gasteiger partial charge in [0, 0.05) is 19.6 Å². The van der Waals surface area contributed by atoms with Crippen molar-refractivity contribution >= 4 is 12.0 Å². The Bertz CT molecular complexity index is 349. The van der Waals surface area contributed by atoms with E-state index in [4.69, 9.17) is 4.74 Å². The van der Waals surface area contributed by atoms with E-state index in [9.17, 15) is 9.59 Å². The Hall–Kier alpha value is -1.26. The Labute approximate surface area is 108 Å². The van der Waals surface area contributed by atoms with E-state index in [1.54, 1.807) is 4.90 Å². The number of hydrogen-bond donors (Lipinski definition) is 1. The largest absolute Gasteiger partial charge is 0.444 e. The van der Waals surface area contributed by atoms with Gasteiger partial charge in [0.05, 0.1) is 5.92 Å². The molecule has 2 fully saturated rings. The summed E-state index contributed by atoms with van der Waals surface area (Å²) in [6, 6.07) is 0. The summed E-state index contributed by atoms with van der Waals surface area (Å²) >= 11 is 0. The molecule has 2 amide bonds. The lowest BCUT2D eigenvalue weighted by Gasteiger charge is -2.40. The number of ether oxygens (including phenoxy) is 1. The fourth-order valence-corrected chi connectivity index (χ4v) is 2.65. The molecule has 2 aliphatic heterocycles. The van der Waals surface area contributed by atoms with E-state index in [-0.39, 0.29) is 17.9 Å². The first kappa shape index (κ1) is 13.2. The number of fused-ring (bicyclic) bond motifs is 1. The molecule has 0 radical (unpaired) electrons. The van der Waals surface area contributed by atoms with Crippen LogP contribution in [0.1, 0.15) is 33.6 Å². The maximum absolute atomic E-state index is 12.0. The molecular formula is C13H22N2O3. The summed E-state index contributed by atoms with van der Waals surface area (Å²) in [5.74, 6) is 0.456. The minimum Gasteiger partial charge on any atom is -0.444 e. The number of piperidine rings is 2. The fourth-order valence-electron chi connectivity index (χ4n) is 2.65. The highest BCUT2D eigenvalue weighted by molar-refractivity contribution is 5.81. The molecule has 0 aromatic rings. The van der Waals surface area contributed by atoms with Crippen molar-refractivity contribution in [2.45, 2.75) is 39.2 Å². The molecule has 0 aromatic heterocycles. The molecule has 0 saturated carbocycles. The predicted molar refractivity (Wildman–Crippen MR) is 67.0 cm³/mol. The van der Waals surface area contributed by atoms with Crippen molar-refractivity contribution in [1.29, 1.82) is 0 Å². The van der Waals surface area contributed by atoms with Crippen LogP contribution in [0.2, 0.25) is 0 Å². The number of nitrogens with zero attached hydrogens (tertiary/aromatic N) is 1. The second-order valence-electron chi connectivity index (χ2n) is 6.16. The third kappa shape index (κ3) is 2.94. The Kier molecular flexibility index (Phi) is 3.50. The quantitative estimate of drug-likeness (QED) is 0.710. The van der Waals surface area contributed by atoms with Crippen molar-refractivity contribution in [1.82, 2.24) is 10.2 Å². The highest BCUT2D eigenvalue weighted by Crippen LogP contribution is 2.29. The Balaban J connectivity index is 1.96. The van der Waals surface area contributed by atoms with Gasteiger partial charge in [-0.05, 0) is 39.5 Å². The van der Waals surface area contributed by atoms with Crippen LogP contribution in [0.5, 0.6) is 0 Å². The maximum atomic E-state index is 12.0. The van der Waals surface area contributed by atoms with Crippen LogP contribution in [0.15, 0.2) is 0 Å². The average molecular weight is 254 g/mol. The van der Waals surface area contributed by atoms with Crippen molar-refractivity contribution in [3.8, 4) is 0 Å². The Morgan fingerprint density at radius 3 is 2.78 bits per heavy atom. The summed E-state index contributed by atoms with van der Waals surface area (Å²) in [6.45, 7) is 7.52. The van der Waals surface area contributed by atoms with Gasteiger partial charge in [-0.3, -0.25) is 4.79 Å². The standard InChI is InChI=1S/C13H22N2O3/c1-13(2,3)18-12(17)15-7-5-9-4-6-14-11(16)10(9)8-15/h9-10H,4-8H2,1-3H3,(H,14,16). The lowest BCUT2D eigenvalue weighted by atomic mass is 9.80. The summed E-state index contributed by atoms with van der Waals surface area (Å²) in [5.41, 5.74) is -0.483. The molecular weight excluding hydrogens is 232 g/mol. The van der Waals surface area contributed by atoms with Crippen LogP contribution in [-0.2, 0) is 9.53 Å². The minimum atomic E-state index is -0.483. The summed E-state index contributed by atoms with van der Waals surface area (Å²) in [5, 5.41) is 2.87. The van der Waals surface area contributed by atoms with Crippen molar-refractivity contribution < 1.29 is 14.3 Å². The molecule has 0 aliphatic carbocycles. The van der Waals surface area contributed by atoms with E-state index >= 15 is 0 Å². The third-order valence-corrected chi connectivity index (χ3v) is 3.56. The zero-order valence-electron chi connectivity index (χ0n) is 11.4. The van der Waals surface area contributed by atoms with Crippen LogP contribution in [0.25, 0.3) is 0 Å². The molecule has 0 bridgehead atoms. The van der Waals surface area contributed by atoms with Gasteiger partial charge >= 0.3 is 6.09 Å². The number of nitrogens with one attached hydrogen (secondary N) is 1. The van der Waals surface area contributed by atoms with Gasteiger partial charge in [0.25, 0.3) is 0 Å².